The van der Waals surface area contributed by atoms with E-state index in [0.29, 0.717) is 30.5 Å². The number of ether oxygens (including phenoxy) is 1. The van der Waals surface area contributed by atoms with Crippen molar-refractivity contribution >= 4 is 5.91 Å². The smallest absolute Gasteiger partial charge is 0.224 e. The van der Waals surface area contributed by atoms with Crippen molar-refractivity contribution in [2.75, 3.05) is 53.5 Å². The normalized spacial score (nSPS) is 29.4. The van der Waals surface area contributed by atoms with Gasteiger partial charge >= 0.3 is 0 Å². The van der Waals surface area contributed by atoms with Crippen molar-refractivity contribution in [1.29, 1.82) is 0 Å². The van der Waals surface area contributed by atoms with Crippen molar-refractivity contribution in [3.63, 3.8) is 0 Å². The van der Waals surface area contributed by atoms with Crippen LogP contribution in [0.3, 0.4) is 0 Å². The Morgan fingerprint density at radius 1 is 1.09 bits per heavy atom. The first-order valence-electron chi connectivity index (χ1n) is 12.6. The number of piperidine rings is 1. The van der Waals surface area contributed by atoms with Gasteiger partial charge in [0.15, 0.2) is 0 Å². The zero-order valence-corrected chi connectivity index (χ0v) is 19.8. The van der Waals surface area contributed by atoms with E-state index in [9.17, 15) is 4.79 Å². The van der Waals surface area contributed by atoms with Crippen LogP contribution in [-0.2, 0) is 9.53 Å². The number of carbonyl (C=O) groups excluding carboxylic acids is 1. The first-order valence-corrected chi connectivity index (χ1v) is 12.6. The second-order valence-electron chi connectivity index (χ2n) is 10.7. The number of hydrogen-bond acceptors (Lipinski definition) is 5. The highest BCUT2D eigenvalue weighted by atomic mass is 16.5. The molecule has 2 atom stereocenters. The van der Waals surface area contributed by atoms with E-state index in [1.807, 2.05) is 14.1 Å². The average molecular weight is 441 g/mol. The van der Waals surface area contributed by atoms with E-state index in [2.05, 4.69) is 45.4 Å². The zero-order valence-electron chi connectivity index (χ0n) is 19.8. The maximum absolute atomic E-state index is 12.7. The van der Waals surface area contributed by atoms with E-state index in [-0.39, 0.29) is 11.4 Å². The van der Waals surface area contributed by atoms with E-state index < -0.39 is 0 Å². The molecule has 4 aliphatic rings. The molecule has 3 aliphatic heterocycles. The van der Waals surface area contributed by atoms with Crippen LogP contribution in [0.25, 0.3) is 0 Å². The number of benzene rings is 1. The summed E-state index contributed by atoms with van der Waals surface area (Å²) in [6, 6.07) is 12.8. The Kier molecular flexibility index (Phi) is 6.57. The minimum Gasteiger partial charge on any atom is -0.381 e. The molecule has 0 unspecified atom stereocenters. The summed E-state index contributed by atoms with van der Waals surface area (Å²) in [6.45, 7) is 6.04. The second kappa shape index (κ2) is 9.41. The highest BCUT2D eigenvalue weighted by molar-refractivity contribution is 5.77. The molecule has 0 bridgehead atoms. The van der Waals surface area contributed by atoms with Gasteiger partial charge in [-0.1, -0.05) is 30.3 Å². The lowest BCUT2D eigenvalue weighted by Gasteiger charge is -2.59. The van der Waals surface area contributed by atoms with Gasteiger partial charge in [-0.05, 0) is 37.7 Å². The van der Waals surface area contributed by atoms with Gasteiger partial charge in [-0.3, -0.25) is 14.6 Å². The summed E-state index contributed by atoms with van der Waals surface area (Å²) >= 11 is 0. The summed E-state index contributed by atoms with van der Waals surface area (Å²) in [7, 11) is 3.78. The first kappa shape index (κ1) is 22.3. The third-order valence-electron chi connectivity index (χ3n) is 8.31. The van der Waals surface area contributed by atoms with E-state index in [4.69, 9.17) is 4.74 Å². The Balaban J connectivity index is 1.15. The molecule has 1 aromatic rings. The van der Waals surface area contributed by atoms with Crippen molar-refractivity contribution in [2.24, 2.45) is 0 Å². The van der Waals surface area contributed by atoms with Gasteiger partial charge in [-0.15, -0.1) is 0 Å². The maximum atomic E-state index is 12.7. The minimum absolute atomic E-state index is 0.0246. The third kappa shape index (κ3) is 4.74. The number of rotatable bonds is 7. The molecule has 3 saturated heterocycles. The number of amides is 1. The summed E-state index contributed by atoms with van der Waals surface area (Å²) < 4.78 is 5.56. The summed E-state index contributed by atoms with van der Waals surface area (Å²) in [4.78, 5) is 19.8. The molecule has 1 N–H and O–H groups in total. The quantitative estimate of drug-likeness (QED) is 0.705. The standard InChI is InChI=1S/C26H40N4O2/c1-28(2)25(31)17-26(18-29(19-26)22-10-14-32-15-11-22)30-12-8-21(9-13-30)27-24-16-23(24)20-6-4-3-5-7-20/h3-7,21-24,27H,8-19H2,1-2H3/t23-,24+/m0/s1. The van der Waals surface area contributed by atoms with Crippen LogP contribution < -0.4 is 5.32 Å². The fourth-order valence-corrected chi connectivity index (χ4v) is 6.15. The van der Waals surface area contributed by atoms with Crippen LogP contribution in [0.1, 0.15) is 50.0 Å². The molecule has 3 heterocycles. The highest BCUT2D eigenvalue weighted by Gasteiger charge is 2.51. The summed E-state index contributed by atoms with van der Waals surface area (Å²) in [6.07, 6.45) is 6.56. The second-order valence-corrected chi connectivity index (χ2v) is 10.7. The van der Waals surface area contributed by atoms with Gasteiger partial charge in [0, 0.05) is 84.0 Å². The van der Waals surface area contributed by atoms with E-state index in [1.165, 1.54) is 24.8 Å². The SMILES string of the molecule is CN(C)C(=O)CC1(N2CCC(N[C@@H]3C[C@H]3c3ccccc3)CC2)CN(C2CCOCC2)C1. The molecule has 6 nitrogen and oxygen atoms in total. The van der Waals surface area contributed by atoms with Crippen LogP contribution in [0.15, 0.2) is 30.3 Å². The molecule has 176 valence electrons. The van der Waals surface area contributed by atoms with E-state index in [1.54, 1.807) is 4.90 Å². The number of nitrogens with zero attached hydrogens (tertiary/aromatic N) is 3. The Morgan fingerprint density at radius 2 is 1.78 bits per heavy atom. The molecule has 0 aromatic heterocycles. The maximum Gasteiger partial charge on any atom is 0.224 e. The third-order valence-corrected chi connectivity index (χ3v) is 8.31. The van der Waals surface area contributed by atoms with Gasteiger partial charge in [-0.2, -0.15) is 0 Å². The molecule has 0 spiro atoms. The van der Waals surface area contributed by atoms with Crippen molar-refractivity contribution in [1.82, 2.24) is 20.0 Å². The van der Waals surface area contributed by atoms with Crippen molar-refractivity contribution in [3.05, 3.63) is 35.9 Å². The number of likely N-dealkylation sites (tertiary alicyclic amines) is 2. The Hall–Kier alpha value is -1.47. The number of nitrogens with one attached hydrogen (secondary N) is 1. The molecule has 1 saturated carbocycles. The summed E-state index contributed by atoms with van der Waals surface area (Å²) in [5, 5.41) is 3.94. The molecule has 1 aliphatic carbocycles. The first-order chi connectivity index (χ1) is 15.5. The molecule has 4 fully saturated rings. The Morgan fingerprint density at radius 3 is 2.44 bits per heavy atom. The molecule has 0 radical (unpaired) electrons. The van der Waals surface area contributed by atoms with Gasteiger partial charge in [-0.25, -0.2) is 0 Å². The highest BCUT2D eigenvalue weighted by Crippen LogP contribution is 2.42. The predicted molar refractivity (Wildman–Crippen MR) is 127 cm³/mol. The molecule has 1 amide bonds. The average Bonchev–Trinajstić information content (AvgIpc) is 3.56. The van der Waals surface area contributed by atoms with E-state index in [0.717, 1.165) is 52.2 Å². The van der Waals surface area contributed by atoms with Gasteiger partial charge in [0.2, 0.25) is 5.91 Å². The van der Waals surface area contributed by atoms with Crippen LogP contribution in [0.5, 0.6) is 0 Å². The Bertz CT molecular complexity index is 765. The molecular formula is C26H40N4O2. The lowest BCUT2D eigenvalue weighted by atomic mass is 9.80. The minimum atomic E-state index is 0.0246. The van der Waals surface area contributed by atoms with Crippen molar-refractivity contribution < 1.29 is 9.53 Å². The topological polar surface area (TPSA) is 48.1 Å². The van der Waals surface area contributed by atoms with Gasteiger partial charge < -0.3 is 15.0 Å². The summed E-state index contributed by atoms with van der Waals surface area (Å²) in [5.74, 6) is 0.957. The Labute approximate surface area is 193 Å². The predicted octanol–water partition coefficient (Wildman–Crippen LogP) is 2.31. The lowest BCUT2D eigenvalue weighted by molar-refractivity contribution is -0.143. The van der Waals surface area contributed by atoms with Gasteiger partial charge in [0.05, 0.1) is 5.54 Å². The van der Waals surface area contributed by atoms with Crippen LogP contribution in [-0.4, -0.2) is 97.8 Å². The lowest BCUT2D eigenvalue weighted by Crippen LogP contribution is -2.74. The fourth-order valence-electron chi connectivity index (χ4n) is 6.15. The van der Waals surface area contributed by atoms with E-state index >= 15 is 0 Å². The van der Waals surface area contributed by atoms with Crippen molar-refractivity contribution in [2.45, 2.75) is 68.1 Å². The van der Waals surface area contributed by atoms with Crippen LogP contribution in [0, 0.1) is 0 Å². The van der Waals surface area contributed by atoms with Crippen molar-refractivity contribution in [3.8, 4) is 0 Å². The van der Waals surface area contributed by atoms with Crippen LogP contribution in [0.2, 0.25) is 0 Å². The van der Waals surface area contributed by atoms with Gasteiger partial charge in [0.1, 0.15) is 0 Å². The molecule has 1 aromatic carbocycles. The zero-order chi connectivity index (χ0) is 22.1. The molecule has 5 rings (SSSR count). The van der Waals surface area contributed by atoms with Crippen LogP contribution >= 0.6 is 0 Å². The number of carbonyl (C=O) groups is 1. The molecular weight excluding hydrogens is 400 g/mol. The largest absolute Gasteiger partial charge is 0.381 e. The molecule has 6 heteroatoms. The monoisotopic (exact) mass is 440 g/mol. The number of hydrogen-bond donors (Lipinski definition) is 1. The molecule has 32 heavy (non-hydrogen) atoms. The van der Waals surface area contributed by atoms with Gasteiger partial charge in [0.25, 0.3) is 0 Å². The summed E-state index contributed by atoms with van der Waals surface area (Å²) in [5.41, 5.74) is 1.50. The van der Waals surface area contributed by atoms with Crippen LogP contribution in [0.4, 0.5) is 0 Å². The fraction of sp³-hybridized carbons (Fsp3) is 0.731.